The molecule has 11 heteroatoms. The zero-order valence-corrected chi connectivity index (χ0v) is 20.4. The van der Waals surface area contributed by atoms with Gasteiger partial charge in [-0.05, 0) is 46.9 Å². The van der Waals surface area contributed by atoms with Crippen molar-refractivity contribution < 1.29 is 27.5 Å². The third-order valence-electron chi connectivity index (χ3n) is 7.15. The van der Waals surface area contributed by atoms with Crippen LogP contribution < -0.4 is 4.90 Å². The van der Waals surface area contributed by atoms with Crippen molar-refractivity contribution in [2.45, 2.75) is 50.8 Å². The number of β-amino-alcohol motifs (C(OH)–C–C–N with tert-alkyl or cyclic N) is 1. The van der Waals surface area contributed by atoms with Gasteiger partial charge in [0.1, 0.15) is 18.3 Å². The Morgan fingerprint density at radius 1 is 1.19 bits per heavy atom. The number of alkyl halides is 4. The van der Waals surface area contributed by atoms with Gasteiger partial charge in [-0.3, -0.25) is 9.69 Å². The van der Waals surface area contributed by atoms with Crippen molar-refractivity contribution in [1.29, 1.82) is 0 Å². The number of likely N-dealkylation sites (tertiary alicyclic amines) is 1. The quantitative estimate of drug-likeness (QED) is 0.503. The molecule has 3 atom stereocenters. The predicted molar refractivity (Wildman–Crippen MR) is 128 cm³/mol. The number of benzene rings is 2. The van der Waals surface area contributed by atoms with E-state index in [4.69, 9.17) is 0 Å². The molecule has 1 fully saturated rings. The second kappa shape index (κ2) is 9.53. The second-order valence-corrected chi connectivity index (χ2v) is 9.89. The molecule has 0 unspecified atom stereocenters. The zero-order chi connectivity index (χ0) is 26.5. The normalized spacial score (nSPS) is 21.1. The molecular weight excluding hydrogens is 490 g/mol. The minimum Gasteiger partial charge on any atom is -0.389 e. The van der Waals surface area contributed by atoms with Crippen molar-refractivity contribution in [2.75, 3.05) is 18.0 Å². The maximum absolute atomic E-state index is 14.0. The van der Waals surface area contributed by atoms with E-state index >= 15 is 0 Å². The van der Waals surface area contributed by atoms with Crippen molar-refractivity contribution >= 4 is 11.6 Å². The molecule has 0 spiro atoms. The van der Waals surface area contributed by atoms with Crippen LogP contribution in [-0.4, -0.2) is 56.0 Å². The number of rotatable bonds is 6. The van der Waals surface area contributed by atoms with E-state index < -0.39 is 29.9 Å². The predicted octanol–water partition coefficient (Wildman–Crippen LogP) is 3.86. The Labute approximate surface area is 211 Å². The first-order valence-corrected chi connectivity index (χ1v) is 12.0. The van der Waals surface area contributed by atoms with Crippen LogP contribution in [0.25, 0.3) is 0 Å². The van der Waals surface area contributed by atoms with Gasteiger partial charge >= 0.3 is 6.18 Å². The summed E-state index contributed by atoms with van der Waals surface area (Å²) >= 11 is 0. The van der Waals surface area contributed by atoms with Crippen LogP contribution in [0.1, 0.15) is 51.3 Å². The van der Waals surface area contributed by atoms with Crippen molar-refractivity contribution in [3.8, 4) is 0 Å². The van der Waals surface area contributed by atoms with Crippen LogP contribution in [0.2, 0.25) is 0 Å². The lowest BCUT2D eigenvalue weighted by molar-refractivity contribution is -0.138. The van der Waals surface area contributed by atoms with Crippen LogP contribution in [0, 0.1) is 0 Å². The number of halogens is 4. The number of amides is 1. The third kappa shape index (κ3) is 4.97. The number of carbonyl (C=O) groups excluding carboxylic acids is 1. The van der Waals surface area contributed by atoms with Crippen molar-refractivity contribution in [3.63, 3.8) is 0 Å². The fourth-order valence-corrected chi connectivity index (χ4v) is 5.11. The zero-order valence-electron chi connectivity index (χ0n) is 20.4. The first kappa shape index (κ1) is 25.3. The van der Waals surface area contributed by atoms with Gasteiger partial charge in [0, 0.05) is 44.4 Å². The number of nitrogens with zero attached hydrogens (tertiary/aromatic N) is 5. The van der Waals surface area contributed by atoms with E-state index in [1.54, 1.807) is 23.4 Å². The molecular formula is C26H27F4N5O2. The number of carbonyl (C=O) groups is 1. The molecule has 1 N–H and O–H groups in total. The smallest absolute Gasteiger partial charge is 0.389 e. The average Bonchev–Trinajstić information content (AvgIpc) is 3.50. The second-order valence-electron chi connectivity index (χ2n) is 9.89. The third-order valence-corrected chi connectivity index (χ3v) is 7.15. The fourth-order valence-electron chi connectivity index (χ4n) is 5.11. The van der Waals surface area contributed by atoms with Gasteiger partial charge in [0.15, 0.2) is 0 Å². The van der Waals surface area contributed by atoms with Crippen LogP contribution in [0.4, 0.5) is 23.2 Å². The molecule has 0 aliphatic carbocycles. The van der Waals surface area contributed by atoms with E-state index in [0.29, 0.717) is 12.1 Å². The first-order valence-electron chi connectivity index (χ1n) is 12.0. The van der Waals surface area contributed by atoms with Gasteiger partial charge in [-0.1, -0.05) is 19.1 Å². The molecule has 0 bridgehead atoms. The Morgan fingerprint density at radius 3 is 2.62 bits per heavy atom. The van der Waals surface area contributed by atoms with Gasteiger partial charge in [0.25, 0.3) is 5.91 Å². The fraction of sp³-hybridized carbons (Fsp3) is 0.423. The minimum absolute atomic E-state index is 0.00101. The molecule has 2 aliphatic rings. The summed E-state index contributed by atoms with van der Waals surface area (Å²) in [7, 11) is 1.85. The highest BCUT2D eigenvalue weighted by molar-refractivity contribution is 6.10. The highest BCUT2D eigenvalue weighted by Crippen LogP contribution is 2.40. The van der Waals surface area contributed by atoms with Gasteiger partial charge in [0.05, 0.1) is 18.2 Å². The summed E-state index contributed by atoms with van der Waals surface area (Å²) in [6.45, 7) is 1.78. The number of anilines is 1. The van der Waals surface area contributed by atoms with Gasteiger partial charge < -0.3 is 14.6 Å². The van der Waals surface area contributed by atoms with Crippen molar-refractivity contribution in [1.82, 2.24) is 19.7 Å². The van der Waals surface area contributed by atoms with E-state index in [9.17, 15) is 27.5 Å². The summed E-state index contributed by atoms with van der Waals surface area (Å²) in [4.78, 5) is 16.3. The van der Waals surface area contributed by atoms with Crippen LogP contribution >= 0.6 is 0 Å². The molecule has 2 aromatic carbocycles. The van der Waals surface area contributed by atoms with E-state index in [-0.39, 0.29) is 48.8 Å². The molecule has 0 saturated carbocycles. The molecule has 5 rings (SSSR count). The number of aliphatic hydroxyl groups excluding tert-OH is 1. The molecule has 2 aliphatic heterocycles. The maximum atomic E-state index is 14.0. The summed E-state index contributed by atoms with van der Waals surface area (Å²) in [6, 6.07) is 9.74. The van der Waals surface area contributed by atoms with E-state index in [0.717, 1.165) is 17.5 Å². The molecule has 3 aromatic rings. The first-order chi connectivity index (χ1) is 17.5. The number of hydrogen-bond donors (Lipinski definition) is 1. The lowest BCUT2D eigenvalue weighted by Crippen LogP contribution is -2.23. The molecule has 1 amide bonds. The van der Waals surface area contributed by atoms with Crippen LogP contribution in [-0.2, 0) is 32.7 Å². The molecule has 3 heterocycles. The number of aryl methyl sites for hydroxylation is 1. The van der Waals surface area contributed by atoms with Crippen LogP contribution in [0.5, 0.6) is 0 Å². The molecule has 0 radical (unpaired) electrons. The van der Waals surface area contributed by atoms with E-state index in [1.807, 2.05) is 30.7 Å². The number of aromatic nitrogens is 3. The minimum atomic E-state index is -4.66. The Morgan fingerprint density at radius 2 is 1.97 bits per heavy atom. The highest BCUT2D eigenvalue weighted by atomic mass is 19.4. The lowest BCUT2D eigenvalue weighted by Gasteiger charge is -2.19. The Hall–Kier alpha value is -3.31. The molecule has 196 valence electrons. The highest BCUT2D eigenvalue weighted by Gasteiger charge is 2.41. The lowest BCUT2D eigenvalue weighted by atomic mass is 9.97. The van der Waals surface area contributed by atoms with E-state index in [1.165, 1.54) is 11.0 Å². The molecule has 1 saturated heterocycles. The summed E-state index contributed by atoms with van der Waals surface area (Å²) in [6.07, 6.45) is -5.04. The standard InChI is InChI=1S/C26H27F4N5O2/c1-15(6-24-32-31-14-33(24)2)17-4-3-5-18(9-17)35-11-20-19(25(35)37)7-16(8-21(20)26(28,29)30)10-34-12-22(27)23(36)13-34/h3-5,7-9,14-15,22-23,36H,6,10-13H2,1-2H3/t15-,22-,23+/m1/s1. The Kier molecular flexibility index (Phi) is 6.53. The van der Waals surface area contributed by atoms with Gasteiger partial charge in [-0.15, -0.1) is 10.2 Å². The van der Waals surface area contributed by atoms with Crippen LogP contribution in [0.15, 0.2) is 42.7 Å². The summed E-state index contributed by atoms with van der Waals surface area (Å²) in [5.41, 5.74) is 0.769. The number of fused-ring (bicyclic) bond motifs is 1. The Bertz CT molecular complexity index is 1310. The molecule has 7 nitrogen and oxygen atoms in total. The topological polar surface area (TPSA) is 74.5 Å². The number of hydrogen-bond acceptors (Lipinski definition) is 5. The van der Waals surface area contributed by atoms with Gasteiger partial charge in [-0.25, -0.2) is 4.39 Å². The van der Waals surface area contributed by atoms with Crippen LogP contribution in [0.3, 0.4) is 0 Å². The maximum Gasteiger partial charge on any atom is 0.416 e. The van der Waals surface area contributed by atoms with Crippen molar-refractivity contribution in [3.05, 3.63) is 76.4 Å². The SMILES string of the molecule is C[C@H](Cc1nncn1C)c1cccc(N2Cc3c(cc(CN4C[C@@H](F)[C@@H](O)C4)cc3C(F)(F)F)C2=O)c1. The summed E-state index contributed by atoms with van der Waals surface area (Å²) in [5.74, 6) is 0.329. The average molecular weight is 518 g/mol. The summed E-state index contributed by atoms with van der Waals surface area (Å²) in [5, 5.41) is 17.7. The Balaban J connectivity index is 1.42. The van der Waals surface area contributed by atoms with Gasteiger partial charge in [-0.2, -0.15) is 13.2 Å². The molecule has 37 heavy (non-hydrogen) atoms. The largest absolute Gasteiger partial charge is 0.416 e. The van der Waals surface area contributed by atoms with E-state index in [2.05, 4.69) is 10.2 Å². The monoisotopic (exact) mass is 517 g/mol. The number of aliphatic hydroxyl groups is 1. The van der Waals surface area contributed by atoms with Gasteiger partial charge in [0.2, 0.25) is 0 Å². The molecule has 1 aromatic heterocycles. The van der Waals surface area contributed by atoms with Crippen molar-refractivity contribution in [2.24, 2.45) is 7.05 Å². The summed E-state index contributed by atoms with van der Waals surface area (Å²) < 4.78 is 57.7.